The fraction of sp³-hybridized carbons (Fsp3) is 0.914. The van der Waals surface area contributed by atoms with Crippen LogP contribution in [0.25, 0.3) is 0 Å². The van der Waals surface area contributed by atoms with Crippen molar-refractivity contribution in [1.82, 2.24) is 4.90 Å². The largest absolute Gasteiger partial charge is 0.461 e. The minimum Gasteiger partial charge on any atom is -0.461 e. The van der Waals surface area contributed by atoms with Crippen molar-refractivity contribution in [2.24, 2.45) is 63.9 Å². The van der Waals surface area contributed by atoms with Crippen LogP contribution >= 0.6 is 24.0 Å². The fourth-order valence-corrected chi connectivity index (χ4v) is 11.5. The molecule has 4 fully saturated rings. The van der Waals surface area contributed by atoms with Gasteiger partial charge in [0, 0.05) is 25.4 Å². The van der Waals surface area contributed by atoms with Crippen LogP contribution in [0, 0.1) is 58.2 Å². The maximum Gasteiger partial charge on any atom is 0.316 e. The minimum atomic E-state index is -0.236. The molecule has 0 bridgehead atoms. The van der Waals surface area contributed by atoms with E-state index in [0.717, 1.165) is 48.0 Å². The second kappa shape index (κ2) is 14.1. The predicted octanol–water partition coefficient (Wildman–Crippen LogP) is 8.09. The van der Waals surface area contributed by atoms with E-state index in [-0.39, 0.29) is 41.0 Å². The van der Waals surface area contributed by atoms with Crippen LogP contribution in [-0.2, 0) is 14.3 Å². The van der Waals surface area contributed by atoms with Crippen molar-refractivity contribution < 1.29 is 14.3 Å². The Balaban J connectivity index is 1.49. The molecule has 1 amide bonds. The lowest BCUT2D eigenvalue weighted by Crippen LogP contribution is -2.53. The van der Waals surface area contributed by atoms with Crippen molar-refractivity contribution in [2.45, 2.75) is 125 Å². The van der Waals surface area contributed by atoms with Crippen molar-refractivity contribution >= 4 is 40.2 Å². The Morgan fingerprint density at radius 2 is 1.64 bits per heavy atom. The highest BCUT2D eigenvalue weighted by Gasteiger charge is 2.63. The van der Waals surface area contributed by atoms with Gasteiger partial charge in [-0.25, -0.2) is 0 Å². The maximum absolute atomic E-state index is 13.4. The average molecular weight is 621 g/mol. The van der Waals surface area contributed by atoms with E-state index >= 15 is 0 Å². The number of thiocarbonyl (C=S) groups is 1. The number of carbonyl (C=O) groups excluding carboxylic acids is 2. The van der Waals surface area contributed by atoms with Gasteiger partial charge in [-0.3, -0.25) is 9.59 Å². The zero-order valence-electron chi connectivity index (χ0n) is 27.7. The van der Waals surface area contributed by atoms with Gasteiger partial charge in [0.2, 0.25) is 5.91 Å². The van der Waals surface area contributed by atoms with Crippen LogP contribution in [0.3, 0.4) is 0 Å². The standard InChI is InChI=1S/C35H60N2O3S2/c1-22(2)19-37(20-23(3)4)33(41)42-21-31(39)40-29-18-28-26-13-12-25-10-8-9-16-34(25,6)27(26)15-17-35(28,7)32(29)24(5)11-14-30(36)38/h22-29,32H,8-21H2,1-7H3,(H2,36,38)/t24-,25+,26-,27+,28+,29?,32+,34+,35+/m1/s1. The van der Waals surface area contributed by atoms with E-state index in [1.807, 2.05) is 0 Å². The number of fused-ring (bicyclic) bond motifs is 5. The molecule has 0 aromatic carbocycles. The maximum atomic E-state index is 13.4. The zero-order chi connectivity index (χ0) is 30.8. The molecule has 0 aromatic rings. The lowest BCUT2D eigenvalue weighted by atomic mass is 9.44. The minimum absolute atomic E-state index is 0.0948. The summed E-state index contributed by atoms with van der Waals surface area (Å²) in [5.41, 5.74) is 6.21. The van der Waals surface area contributed by atoms with Crippen LogP contribution in [-0.4, -0.2) is 46.0 Å². The topological polar surface area (TPSA) is 72.6 Å². The Kier molecular flexibility index (Phi) is 11.4. The molecule has 4 aliphatic rings. The van der Waals surface area contributed by atoms with Crippen LogP contribution in [0.1, 0.15) is 119 Å². The number of ether oxygens (including phenoxy) is 1. The molecule has 4 aliphatic carbocycles. The summed E-state index contributed by atoms with van der Waals surface area (Å²) in [5.74, 6) is 4.44. The smallest absolute Gasteiger partial charge is 0.316 e. The molecule has 4 saturated carbocycles. The van der Waals surface area contributed by atoms with E-state index in [9.17, 15) is 9.59 Å². The van der Waals surface area contributed by atoms with Gasteiger partial charge in [0.15, 0.2) is 0 Å². The van der Waals surface area contributed by atoms with E-state index in [1.165, 1.54) is 63.1 Å². The zero-order valence-corrected chi connectivity index (χ0v) is 29.3. The van der Waals surface area contributed by atoms with E-state index < -0.39 is 0 Å². The van der Waals surface area contributed by atoms with Gasteiger partial charge in [-0.15, -0.1) is 0 Å². The van der Waals surface area contributed by atoms with Crippen LogP contribution < -0.4 is 5.73 Å². The molecular weight excluding hydrogens is 561 g/mol. The normalized spacial score (nSPS) is 36.6. The van der Waals surface area contributed by atoms with Crippen LogP contribution in [0.5, 0.6) is 0 Å². The molecule has 5 nitrogen and oxygen atoms in total. The number of nitrogens with zero attached hydrogens (tertiary/aromatic N) is 1. The van der Waals surface area contributed by atoms with Crippen molar-refractivity contribution in [1.29, 1.82) is 0 Å². The molecule has 7 heteroatoms. The van der Waals surface area contributed by atoms with Gasteiger partial charge in [0.05, 0.1) is 5.75 Å². The Labute approximate surface area is 266 Å². The van der Waals surface area contributed by atoms with E-state index in [0.29, 0.717) is 29.6 Å². The van der Waals surface area contributed by atoms with Gasteiger partial charge in [-0.2, -0.15) is 0 Å². The summed E-state index contributed by atoms with van der Waals surface area (Å²) in [7, 11) is 0. The Morgan fingerprint density at radius 3 is 2.29 bits per heavy atom. The Bertz CT molecular complexity index is 962. The van der Waals surface area contributed by atoms with Gasteiger partial charge in [-0.05, 0) is 104 Å². The van der Waals surface area contributed by atoms with Crippen LogP contribution in [0.15, 0.2) is 0 Å². The van der Waals surface area contributed by atoms with Crippen LogP contribution in [0.2, 0.25) is 0 Å². The SMILES string of the molecule is CC(C)CN(CC(C)C)C(=S)SCC(=O)OC1C[C@H]2[C@@H]3CC[C@@H]4CCCC[C@]4(C)[C@H]3CC[C@]2(C)[C@H]1[C@H](C)CCC(N)=O. The van der Waals surface area contributed by atoms with Gasteiger partial charge in [0.25, 0.3) is 0 Å². The molecule has 42 heavy (non-hydrogen) atoms. The third-order valence-corrected chi connectivity index (χ3v) is 13.7. The first-order valence-electron chi connectivity index (χ1n) is 17.2. The fourth-order valence-electron chi connectivity index (χ4n) is 10.5. The number of carbonyl (C=O) groups is 2. The van der Waals surface area contributed by atoms with Gasteiger partial charge in [0.1, 0.15) is 10.4 Å². The molecule has 0 aliphatic heterocycles. The van der Waals surface area contributed by atoms with E-state index in [2.05, 4.69) is 53.4 Å². The highest BCUT2D eigenvalue weighted by atomic mass is 32.2. The number of amides is 1. The lowest BCUT2D eigenvalue weighted by molar-refractivity contribution is -0.150. The third kappa shape index (κ3) is 7.35. The van der Waals surface area contributed by atoms with Crippen molar-refractivity contribution in [2.75, 3.05) is 18.8 Å². The first-order valence-corrected chi connectivity index (χ1v) is 18.5. The molecular formula is C35H60N2O3S2. The number of esters is 1. The molecule has 240 valence electrons. The van der Waals surface area contributed by atoms with Crippen molar-refractivity contribution in [3.8, 4) is 0 Å². The molecule has 0 aromatic heterocycles. The molecule has 1 unspecified atom stereocenters. The Morgan fingerprint density at radius 1 is 0.952 bits per heavy atom. The van der Waals surface area contributed by atoms with E-state index in [4.69, 9.17) is 22.7 Å². The number of hydrogen-bond acceptors (Lipinski definition) is 5. The van der Waals surface area contributed by atoms with Gasteiger partial charge < -0.3 is 15.4 Å². The predicted molar refractivity (Wildman–Crippen MR) is 179 cm³/mol. The number of hydrogen-bond donors (Lipinski definition) is 1. The van der Waals surface area contributed by atoms with E-state index in [1.54, 1.807) is 0 Å². The van der Waals surface area contributed by atoms with Crippen molar-refractivity contribution in [3.05, 3.63) is 0 Å². The number of thioether (sulfide) groups is 1. The van der Waals surface area contributed by atoms with Gasteiger partial charge >= 0.3 is 5.97 Å². The molecule has 0 spiro atoms. The highest BCUT2D eigenvalue weighted by molar-refractivity contribution is 8.23. The van der Waals surface area contributed by atoms with Gasteiger partial charge in [-0.1, -0.05) is 85.3 Å². The third-order valence-electron chi connectivity index (χ3n) is 12.2. The highest BCUT2D eigenvalue weighted by Crippen LogP contribution is 2.68. The molecule has 2 N–H and O–H groups in total. The first kappa shape index (κ1) is 34.1. The average Bonchev–Trinajstić information content (AvgIpc) is 3.20. The molecule has 0 heterocycles. The molecule has 9 atom stereocenters. The summed E-state index contributed by atoms with van der Waals surface area (Å²) in [5, 5.41) is 0. The Hall–Kier alpha value is -0.820. The number of rotatable bonds is 11. The summed E-state index contributed by atoms with van der Waals surface area (Å²) in [6.45, 7) is 18.0. The number of nitrogens with two attached hydrogens (primary N) is 1. The van der Waals surface area contributed by atoms with Crippen molar-refractivity contribution in [3.63, 3.8) is 0 Å². The summed E-state index contributed by atoms with van der Waals surface area (Å²) < 4.78 is 7.26. The second-order valence-corrected chi connectivity index (χ2v) is 17.6. The molecule has 0 saturated heterocycles. The number of primary amides is 1. The summed E-state index contributed by atoms with van der Waals surface area (Å²) in [6.07, 6.45) is 12.9. The first-order chi connectivity index (χ1) is 19.8. The summed E-state index contributed by atoms with van der Waals surface area (Å²) in [6, 6.07) is 0. The quantitative estimate of drug-likeness (QED) is 0.186. The summed E-state index contributed by atoms with van der Waals surface area (Å²) >= 11 is 7.26. The van der Waals surface area contributed by atoms with Crippen LogP contribution in [0.4, 0.5) is 0 Å². The molecule has 0 radical (unpaired) electrons. The monoisotopic (exact) mass is 620 g/mol. The second-order valence-electron chi connectivity index (χ2n) is 16.0. The molecule has 4 rings (SSSR count). The lowest BCUT2D eigenvalue weighted by Gasteiger charge is -2.60. The summed E-state index contributed by atoms with van der Waals surface area (Å²) in [4.78, 5) is 27.4.